The second-order valence-electron chi connectivity index (χ2n) is 6.53. The van der Waals surface area contributed by atoms with Gasteiger partial charge in [0.15, 0.2) is 0 Å². The minimum Gasteiger partial charge on any atom is -0.0802 e. The molecule has 1 fully saturated rings. The van der Waals surface area contributed by atoms with Gasteiger partial charge in [-0.15, -0.1) is 0 Å². The summed E-state index contributed by atoms with van der Waals surface area (Å²) in [5.41, 5.74) is 0. The predicted octanol–water partition coefficient (Wildman–Crippen LogP) is 6.05. The summed E-state index contributed by atoms with van der Waals surface area (Å²) in [7, 11) is 5.77. The van der Waals surface area contributed by atoms with Crippen LogP contribution >= 0.6 is 0 Å². The molecule has 1 aliphatic carbocycles. The molecule has 0 aromatic carbocycles. The zero-order chi connectivity index (χ0) is 13.1. The third-order valence-corrected chi connectivity index (χ3v) is 4.50. The Morgan fingerprint density at radius 3 is 2.00 bits per heavy atom. The Kier molecular flexibility index (Phi) is 9.80. The Hall–Kier alpha value is 0.0649. The van der Waals surface area contributed by atoms with E-state index in [2.05, 4.69) is 6.92 Å². The number of rotatable bonds is 7. The Labute approximate surface area is 117 Å². The highest BCUT2D eigenvalue weighted by molar-refractivity contribution is 6.11. The fourth-order valence-electron chi connectivity index (χ4n) is 3.26. The maximum absolute atomic E-state index is 5.77. The van der Waals surface area contributed by atoms with E-state index in [0.29, 0.717) is 5.82 Å². The van der Waals surface area contributed by atoms with Crippen molar-refractivity contribution in [3.63, 3.8) is 0 Å². The standard InChI is InChI=1S/C17H33B/c1-16(18)12-8-6-7-11-15-17-13-9-4-2-3-5-10-14-17/h16-17H,2-15H2,1H3. The van der Waals surface area contributed by atoms with Crippen LogP contribution < -0.4 is 0 Å². The molecule has 104 valence electrons. The minimum atomic E-state index is 0.402. The summed E-state index contributed by atoms with van der Waals surface area (Å²) in [5.74, 6) is 1.45. The molecule has 0 N–H and O–H groups in total. The molecule has 1 rings (SSSR count). The quantitative estimate of drug-likeness (QED) is 0.379. The number of unbranched alkanes of at least 4 members (excludes halogenated alkanes) is 3. The van der Waals surface area contributed by atoms with Gasteiger partial charge in [-0.2, -0.15) is 0 Å². The second-order valence-corrected chi connectivity index (χ2v) is 6.53. The normalized spacial score (nSPS) is 20.9. The molecule has 2 radical (unpaired) electrons. The van der Waals surface area contributed by atoms with Gasteiger partial charge in [0.25, 0.3) is 0 Å². The molecule has 18 heavy (non-hydrogen) atoms. The molecule has 0 spiro atoms. The third kappa shape index (κ3) is 9.06. The summed E-state index contributed by atoms with van der Waals surface area (Å²) >= 11 is 0. The van der Waals surface area contributed by atoms with Crippen molar-refractivity contribution in [2.75, 3.05) is 0 Å². The Morgan fingerprint density at radius 2 is 1.39 bits per heavy atom. The van der Waals surface area contributed by atoms with Gasteiger partial charge < -0.3 is 0 Å². The molecule has 1 saturated carbocycles. The maximum Gasteiger partial charge on any atom is 0.0695 e. The van der Waals surface area contributed by atoms with Crippen LogP contribution in [-0.2, 0) is 0 Å². The summed E-state index contributed by atoms with van der Waals surface area (Å²) in [5, 5.41) is 0. The van der Waals surface area contributed by atoms with Gasteiger partial charge in [-0.05, 0) is 5.92 Å². The van der Waals surface area contributed by atoms with Crippen molar-refractivity contribution in [3.8, 4) is 0 Å². The molecule has 1 heteroatoms. The smallest absolute Gasteiger partial charge is 0.0695 e. The predicted molar refractivity (Wildman–Crippen MR) is 83.3 cm³/mol. The Morgan fingerprint density at radius 1 is 0.833 bits per heavy atom. The largest absolute Gasteiger partial charge is 0.0802 e. The first kappa shape index (κ1) is 16.1. The highest BCUT2D eigenvalue weighted by Gasteiger charge is 2.10. The van der Waals surface area contributed by atoms with E-state index in [1.807, 2.05) is 0 Å². The van der Waals surface area contributed by atoms with Crippen LogP contribution in [0.1, 0.15) is 96.8 Å². The van der Waals surface area contributed by atoms with Gasteiger partial charge in [0.2, 0.25) is 0 Å². The molecule has 0 saturated heterocycles. The van der Waals surface area contributed by atoms with Gasteiger partial charge in [-0.1, -0.05) is 103 Å². The molecule has 0 aromatic heterocycles. The lowest BCUT2D eigenvalue weighted by molar-refractivity contribution is 0.382. The van der Waals surface area contributed by atoms with Crippen LogP contribution in [0.4, 0.5) is 0 Å². The average molecular weight is 248 g/mol. The fraction of sp³-hybridized carbons (Fsp3) is 1.00. The molecule has 0 aliphatic heterocycles. The lowest BCUT2D eigenvalue weighted by atomic mass is 9.84. The van der Waals surface area contributed by atoms with Crippen molar-refractivity contribution in [1.29, 1.82) is 0 Å². The van der Waals surface area contributed by atoms with Gasteiger partial charge in [0, 0.05) is 0 Å². The highest BCUT2D eigenvalue weighted by atomic mass is 14.2. The van der Waals surface area contributed by atoms with Crippen molar-refractivity contribution in [3.05, 3.63) is 0 Å². The minimum absolute atomic E-state index is 0.402. The molecular weight excluding hydrogens is 215 g/mol. The van der Waals surface area contributed by atoms with Crippen LogP contribution in [0.5, 0.6) is 0 Å². The van der Waals surface area contributed by atoms with E-state index in [0.717, 1.165) is 5.92 Å². The third-order valence-electron chi connectivity index (χ3n) is 4.50. The molecular formula is C17H33B. The molecule has 0 heterocycles. The lowest BCUT2D eigenvalue weighted by Gasteiger charge is -2.15. The molecule has 0 amide bonds. The van der Waals surface area contributed by atoms with E-state index in [1.54, 1.807) is 0 Å². The van der Waals surface area contributed by atoms with E-state index in [-0.39, 0.29) is 0 Å². The van der Waals surface area contributed by atoms with Crippen LogP contribution in [-0.4, -0.2) is 7.85 Å². The van der Waals surface area contributed by atoms with Crippen LogP contribution in [0.15, 0.2) is 0 Å². The SMILES string of the molecule is [B]C(C)CCCCCCC1CCCCCCCC1. The Bertz CT molecular complexity index is 166. The van der Waals surface area contributed by atoms with Gasteiger partial charge in [-0.3, -0.25) is 0 Å². The summed E-state index contributed by atoms with van der Waals surface area (Å²) in [4.78, 5) is 0. The van der Waals surface area contributed by atoms with Crippen LogP contribution in [0, 0.1) is 5.92 Å². The molecule has 1 atom stereocenters. The zero-order valence-electron chi connectivity index (χ0n) is 12.6. The summed E-state index contributed by atoms with van der Waals surface area (Å²) in [6, 6.07) is 0. The first-order valence-electron chi connectivity index (χ1n) is 8.54. The molecule has 0 aromatic rings. The van der Waals surface area contributed by atoms with Gasteiger partial charge in [0.1, 0.15) is 0 Å². The number of hydrogen-bond donors (Lipinski definition) is 0. The summed E-state index contributed by atoms with van der Waals surface area (Å²) < 4.78 is 0. The van der Waals surface area contributed by atoms with Crippen molar-refractivity contribution in [1.82, 2.24) is 0 Å². The summed E-state index contributed by atoms with van der Waals surface area (Å²) in [6.45, 7) is 2.12. The monoisotopic (exact) mass is 248 g/mol. The molecule has 1 aliphatic rings. The molecule has 0 nitrogen and oxygen atoms in total. The van der Waals surface area contributed by atoms with Crippen molar-refractivity contribution < 1.29 is 0 Å². The average Bonchev–Trinajstić information content (AvgIpc) is 2.47. The second kappa shape index (κ2) is 10.9. The number of hydrogen-bond acceptors (Lipinski definition) is 0. The van der Waals surface area contributed by atoms with Crippen molar-refractivity contribution >= 4 is 7.85 Å². The first-order chi connectivity index (χ1) is 8.79. The van der Waals surface area contributed by atoms with Gasteiger partial charge >= 0.3 is 0 Å². The Balaban J connectivity index is 1.98. The van der Waals surface area contributed by atoms with E-state index in [1.165, 1.54) is 89.9 Å². The van der Waals surface area contributed by atoms with Crippen LogP contribution in [0.25, 0.3) is 0 Å². The zero-order valence-corrected chi connectivity index (χ0v) is 12.6. The molecule has 0 bridgehead atoms. The first-order valence-corrected chi connectivity index (χ1v) is 8.54. The molecule has 1 unspecified atom stereocenters. The van der Waals surface area contributed by atoms with Crippen molar-refractivity contribution in [2.45, 2.75) is 103 Å². The van der Waals surface area contributed by atoms with E-state index in [4.69, 9.17) is 7.85 Å². The lowest BCUT2D eigenvalue weighted by Crippen LogP contribution is -2.00. The van der Waals surface area contributed by atoms with E-state index in [9.17, 15) is 0 Å². The van der Waals surface area contributed by atoms with E-state index >= 15 is 0 Å². The fourth-order valence-corrected chi connectivity index (χ4v) is 3.26. The van der Waals surface area contributed by atoms with E-state index < -0.39 is 0 Å². The maximum atomic E-state index is 5.77. The highest BCUT2D eigenvalue weighted by Crippen LogP contribution is 2.26. The van der Waals surface area contributed by atoms with Gasteiger partial charge in [-0.25, -0.2) is 0 Å². The van der Waals surface area contributed by atoms with Crippen LogP contribution in [0.3, 0.4) is 0 Å². The van der Waals surface area contributed by atoms with Crippen molar-refractivity contribution in [2.24, 2.45) is 5.92 Å². The van der Waals surface area contributed by atoms with Gasteiger partial charge in [0.05, 0.1) is 7.85 Å². The summed E-state index contributed by atoms with van der Waals surface area (Å²) in [6.07, 6.45) is 20.3. The topological polar surface area (TPSA) is 0 Å². The van der Waals surface area contributed by atoms with Crippen LogP contribution in [0.2, 0.25) is 5.82 Å².